The average molecular weight is 687 g/mol. The molecule has 48 heavy (non-hydrogen) atoms. The molecule has 0 bridgehead atoms. The van der Waals surface area contributed by atoms with Gasteiger partial charge in [0.15, 0.2) is 12.6 Å². The van der Waals surface area contributed by atoms with Gasteiger partial charge < -0.3 is 44.1 Å². The third-order valence-electron chi connectivity index (χ3n) is 11.6. The number of cyclic esters (lactones) is 1. The summed E-state index contributed by atoms with van der Waals surface area (Å²) in [5, 5.41) is 44.9. The number of aliphatic hydroxyl groups excluding tert-OH is 3. The van der Waals surface area contributed by atoms with E-state index in [0.29, 0.717) is 19.3 Å². The highest BCUT2D eigenvalue weighted by molar-refractivity contribution is 5.83. The van der Waals surface area contributed by atoms with Gasteiger partial charge in [-0.2, -0.15) is 0 Å². The second-order valence-corrected chi connectivity index (χ2v) is 17.0. The lowest BCUT2D eigenvalue weighted by Gasteiger charge is -2.49. The third-order valence-corrected chi connectivity index (χ3v) is 11.6. The molecule has 3 heterocycles. The van der Waals surface area contributed by atoms with Crippen molar-refractivity contribution in [1.29, 1.82) is 0 Å². The van der Waals surface area contributed by atoms with Gasteiger partial charge in [0.05, 0.1) is 42.5 Å². The van der Waals surface area contributed by atoms with E-state index in [1.807, 2.05) is 55.4 Å². The molecular weight excluding hydrogens is 620 g/mol. The number of aliphatic hydroxyl groups is 4. The number of ketones is 1. The van der Waals surface area contributed by atoms with Crippen molar-refractivity contribution >= 4 is 11.8 Å². The van der Waals surface area contributed by atoms with E-state index in [1.54, 1.807) is 27.7 Å². The Hall–Kier alpha value is -1.18. The zero-order valence-electron chi connectivity index (χ0n) is 31.6. The van der Waals surface area contributed by atoms with E-state index >= 15 is 0 Å². The fourth-order valence-electron chi connectivity index (χ4n) is 8.55. The van der Waals surface area contributed by atoms with Crippen LogP contribution in [0.15, 0.2) is 0 Å². The zero-order chi connectivity index (χ0) is 36.7. The molecule has 3 aliphatic heterocycles. The highest BCUT2D eigenvalue weighted by Gasteiger charge is 2.52. The first-order valence-electron chi connectivity index (χ1n) is 18.1. The molecule has 3 rings (SSSR count). The molecule has 0 aromatic rings. The van der Waals surface area contributed by atoms with E-state index in [4.69, 9.17) is 23.7 Å². The lowest BCUT2D eigenvalue weighted by molar-refractivity contribution is -0.305. The minimum absolute atomic E-state index is 0.0796. The van der Waals surface area contributed by atoms with Crippen molar-refractivity contribution in [2.45, 2.75) is 183 Å². The lowest BCUT2D eigenvalue weighted by atomic mass is 9.69. The summed E-state index contributed by atoms with van der Waals surface area (Å²) in [5.41, 5.74) is -3.19. The van der Waals surface area contributed by atoms with Crippen LogP contribution in [0.4, 0.5) is 0 Å². The van der Waals surface area contributed by atoms with E-state index in [2.05, 4.69) is 0 Å². The molecule has 3 saturated heterocycles. The van der Waals surface area contributed by atoms with E-state index < -0.39 is 101 Å². The number of hydrogen-bond donors (Lipinski definition) is 4. The number of esters is 1. The molecule has 0 spiro atoms. The number of carbonyl (C=O) groups is 2. The van der Waals surface area contributed by atoms with Gasteiger partial charge in [0, 0.05) is 24.2 Å². The average Bonchev–Trinajstić information content (AvgIpc) is 2.99. The van der Waals surface area contributed by atoms with Gasteiger partial charge in [-0.25, -0.2) is 0 Å². The SMILES string of the molecule is CC[C@H]1OC(=O)[C@H](C)[C@@H](O[C@H]2CC(C)(C)[C@@H](O)[C@H](C)O2)[C@H](C)[C@@H](O[C@@H]2O[C@H](C)C[C@H](C)[C@H]2O)C(C)(C)C[C@@H](C)C(=O)[C@H](C)[C@@H](O)[C@]1(C)O. The normalized spacial score (nSPS) is 48.0. The van der Waals surface area contributed by atoms with Gasteiger partial charge in [-0.15, -0.1) is 0 Å². The quantitative estimate of drug-likeness (QED) is 0.304. The monoisotopic (exact) mass is 686 g/mol. The van der Waals surface area contributed by atoms with Crippen molar-refractivity contribution in [3.63, 3.8) is 0 Å². The van der Waals surface area contributed by atoms with Crippen LogP contribution in [0, 0.1) is 40.4 Å². The Bertz CT molecular complexity index is 1090. The van der Waals surface area contributed by atoms with E-state index in [9.17, 15) is 30.0 Å². The summed E-state index contributed by atoms with van der Waals surface area (Å²) >= 11 is 0. The van der Waals surface area contributed by atoms with Crippen LogP contribution in [0.5, 0.6) is 0 Å². The summed E-state index contributed by atoms with van der Waals surface area (Å²) < 4.78 is 31.8. The molecule has 16 atom stereocenters. The summed E-state index contributed by atoms with van der Waals surface area (Å²) in [5.74, 6) is -3.87. The Balaban J connectivity index is 2.16. The Morgan fingerprint density at radius 2 is 1.42 bits per heavy atom. The summed E-state index contributed by atoms with van der Waals surface area (Å²) in [6, 6.07) is 0. The Morgan fingerprint density at radius 3 is 1.98 bits per heavy atom. The Kier molecular flexibility index (Phi) is 13.4. The number of carbonyl (C=O) groups excluding carboxylic acids is 2. The van der Waals surface area contributed by atoms with E-state index in [1.165, 1.54) is 6.92 Å². The van der Waals surface area contributed by atoms with Crippen LogP contribution in [0.25, 0.3) is 0 Å². The van der Waals surface area contributed by atoms with Gasteiger partial charge in [-0.05, 0) is 63.7 Å². The highest BCUT2D eigenvalue weighted by atomic mass is 16.7. The molecule has 0 aromatic carbocycles. The second-order valence-electron chi connectivity index (χ2n) is 17.0. The maximum atomic E-state index is 14.0. The van der Waals surface area contributed by atoms with Gasteiger partial charge in [-0.1, -0.05) is 62.3 Å². The number of hydrogen-bond acceptors (Lipinski definition) is 11. The van der Waals surface area contributed by atoms with Crippen molar-refractivity contribution in [1.82, 2.24) is 0 Å². The molecule has 0 aromatic heterocycles. The van der Waals surface area contributed by atoms with Crippen molar-refractivity contribution in [3.8, 4) is 0 Å². The first kappa shape index (κ1) is 41.2. The van der Waals surface area contributed by atoms with E-state index in [-0.39, 0.29) is 24.2 Å². The van der Waals surface area contributed by atoms with Gasteiger partial charge in [0.1, 0.15) is 23.6 Å². The van der Waals surface area contributed by atoms with Crippen molar-refractivity contribution < 1.29 is 53.7 Å². The summed E-state index contributed by atoms with van der Waals surface area (Å²) in [7, 11) is 0. The fourth-order valence-corrected chi connectivity index (χ4v) is 8.55. The van der Waals surface area contributed by atoms with Crippen LogP contribution in [0.2, 0.25) is 0 Å². The van der Waals surface area contributed by atoms with E-state index in [0.717, 1.165) is 0 Å². The van der Waals surface area contributed by atoms with Crippen LogP contribution in [0.3, 0.4) is 0 Å². The maximum Gasteiger partial charge on any atom is 0.311 e. The van der Waals surface area contributed by atoms with Gasteiger partial charge in [0.2, 0.25) is 0 Å². The molecule has 0 amide bonds. The highest BCUT2D eigenvalue weighted by Crippen LogP contribution is 2.44. The zero-order valence-corrected chi connectivity index (χ0v) is 31.6. The van der Waals surface area contributed by atoms with Crippen LogP contribution < -0.4 is 0 Å². The predicted molar refractivity (Wildman–Crippen MR) is 179 cm³/mol. The molecule has 4 N–H and O–H groups in total. The predicted octanol–water partition coefficient (Wildman–Crippen LogP) is 4.39. The molecule has 0 radical (unpaired) electrons. The standard InChI is InChI=1S/C37H66O11/c1-14-25-37(13,43)30(40)21(5)27(38)19(3)16-36(11,12)32(48-34-28(39)18(2)15-20(4)44-34)22(6)29(23(7)33(42)46-25)47-26-17-35(9,10)31(41)24(8)45-26/h18-26,28-32,34,39-41,43H,14-17H2,1-13H3/t18-,19+,20+,21-,22-,23+,24-,25+,26-,28+,29-,30+,31-,32+,34-,37+/m0/s1. The lowest BCUT2D eigenvalue weighted by Crippen LogP contribution is -2.58. The fraction of sp³-hybridized carbons (Fsp3) is 0.946. The molecule has 3 fully saturated rings. The van der Waals surface area contributed by atoms with Crippen LogP contribution >= 0.6 is 0 Å². The molecule has 11 heteroatoms. The van der Waals surface area contributed by atoms with Gasteiger partial charge in [-0.3, -0.25) is 9.59 Å². The molecule has 11 nitrogen and oxygen atoms in total. The molecule has 3 aliphatic rings. The number of rotatable bonds is 5. The first-order chi connectivity index (χ1) is 22.0. The molecule has 280 valence electrons. The minimum atomic E-state index is -1.91. The molecule has 0 unspecified atom stereocenters. The number of Topliss-reactive ketones (excluding diaryl/α,β-unsaturated/α-hetero) is 1. The summed E-state index contributed by atoms with van der Waals surface area (Å²) in [4.78, 5) is 27.9. The molecule has 0 saturated carbocycles. The maximum absolute atomic E-state index is 14.0. The van der Waals surface area contributed by atoms with Crippen LogP contribution in [0.1, 0.15) is 116 Å². The van der Waals surface area contributed by atoms with Gasteiger partial charge in [0.25, 0.3) is 0 Å². The largest absolute Gasteiger partial charge is 0.459 e. The summed E-state index contributed by atoms with van der Waals surface area (Å²) in [6.07, 6.45) is -6.61. The smallest absolute Gasteiger partial charge is 0.311 e. The molecular formula is C37H66O11. The Morgan fingerprint density at radius 1 is 0.812 bits per heavy atom. The third kappa shape index (κ3) is 8.81. The van der Waals surface area contributed by atoms with Crippen molar-refractivity contribution in [2.24, 2.45) is 40.4 Å². The van der Waals surface area contributed by atoms with Gasteiger partial charge >= 0.3 is 5.97 Å². The second kappa shape index (κ2) is 15.6. The number of ether oxygens (including phenoxy) is 5. The van der Waals surface area contributed by atoms with Crippen molar-refractivity contribution in [3.05, 3.63) is 0 Å². The molecule has 0 aliphatic carbocycles. The van der Waals surface area contributed by atoms with Crippen LogP contribution in [-0.2, 0) is 33.3 Å². The topological polar surface area (TPSA) is 161 Å². The van der Waals surface area contributed by atoms with Crippen LogP contribution in [-0.4, -0.2) is 99.2 Å². The van der Waals surface area contributed by atoms with Crippen molar-refractivity contribution in [2.75, 3.05) is 0 Å². The first-order valence-corrected chi connectivity index (χ1v) is 18.1. The summed E-state index contributed by atoms with van der Waals surface area (Å²) in [6.45, 7) is 23.7. The minimum Gasteiger partial charge on any atom is -0.459 e. The Labute approximate surface area is 288 Å².